The van der Waals surface area contributed by atoms with Crippen molar-refractivity contribution in [3.63, 3.8) is 0 Å². The summed E-state index contributed by atoms with van der Waals surface area (Å²) in [6, 6.07) is 2.55. The fourth-order valence-electron chi connectivity index (χ4n) is 4.84. The van der Waals surface area contributed by atoms with Gasteiger partial charge in [-0.05, 0) is 43.9 Å². The van der Waals surface area contributed by atoms with E-state index in [-0.39, 0.29) is 69.1 Å². The number of aryl methyl sites for hydroxylation is 2. The van der Waals surface area contributed by atoms with Crippen LogP contribution < -0.4 is 51.4 Å². The number of hydrogen-bond donors (Lipinski definition) is 2. The molecule has 0 bridgehead atoms. The molecule has 11 heteroatoms. The van der Waals surface area contributed by atoms with Gasteiger partial charge in [0.25, 0.3) is 10.1 Å². The maximum atomic E-state index is 11.6. The van der Waals surface area contributed by atoms with E-state index in [0.29, 0.717) is 23.0 Å². The van der Waals surface area contributed by atoms with Gasteiger partial charge in [-0.3, -0.25) is 4.55 Å². The fourth-order valence-corrected chi connectivity index (χ4v) is 5.80. The maximum absolute atomic E-state index is 11.6. The first kappa shape index (κ1) is 37.2. The van der Waals surface area contributed by atoms with E-state index in [4.69, 9.17) is 0 Å². The Hall–Kier alpha value is 0.146. The number of H-pyrrole nitrogens is 1. The Kier molecular flexibility index (Phi) is 18.4. The Morgan fingerprint density at radius 3 is 1.77 bits per heavy atom. The normalized spacial score (nSPS) is 13.0. The molecule has 8 nitrogen and oxygen atoms in total. The molecule has 0 aliphatic carbocycles. The predicted octanol–water partition coefficient (Wildman–Crippen LogP) is 4.09. The van der Waals surface area contributed by atoms with Crippen LogP contribution in [0.1, 0.15) is 128 Å². The Bertz CT molecular complexity index is 1180. The standard InChI is InChI=1S/C28H48N2O6S2.K/c1-3-4-5-6-7-8-9-10-11-12-13-14-15-16-17-18-27-29-26-22-25(38(34,35)36)21-24(28(26)30-27)20-19-23(2)37(31,32)33;/h21-23H,3-20H2,1-2H3,(H,29,30)(H,31,32,33)(H,34,35,36);/q;+1/p-1. The minimum Gasteiger partial charge on any atom is -0.744 e. The average molecular weight is 611 g/mol. The first-order valence-corrected chi connectivity index (χ1v) is 17.4. The number of nitrogens with zero attached hydrogens (tertiary/aromatic N) is 1. The summed E-state index contributed by atoms with van der Waals surface area (Å²) in [6.45, 7) is 3.64. The number of nitrogens with one attached hydrogen (secondary N) is 1. The molecule has 2 N–H and O–H groups in total. The van der Waals surface area contributed by atoms with Crippen molar-refractivity contribution < 1.29 is 77.3 Å². The minimum absolute atomic E-state index is 0. The smallest absolute Gasteiger partial charge is 0.744 e. The van der Waals surface area contributed by atoms with E-state index in [1.54, 1.807) is 0 Å². The Morgan fingerprint density at radius 2 is 1.31 bits per heavy atom. The van der Waals surface area contributed by atoms with Gasteiger partial charge in [-0.15, -0.1) is 0 Å². The van der Waals surface area contributed by atoms with E-state index in [1.165, 1.54) is 103 Å². The summed E-state index contributed by atoms with van der Waals surface area (Å²) in [6.07, 6.45) is 20.3. The molecular weight excluding hydrogens is 564 g/mol. The van der Waals surface area contributed by atoms with Gasteiger partial charge in [0.2, 0.25) is 0 Å². The van der Waals surface area contributed by atoms with Crippen LogP contribution in [0.15, 0.2) is 17.0 Å². The molecule has 218 valence electrons. The maximum Gasteiger partial charge on any atom is 1.00 e. The van der Waals surface area contributed by atoms with E-state index in [1.807, 2.05) is 0 Å². The zero-order chi connectivity index (χ0) is 28.0. The van der Waals surface area contributed by atoms with Crippen molar-refractivity contribution in [2.75, 3.05) is 0 Å². The largest absolute Gasteiger partial charge is 1.00 e. The summed E-state index contributed by atoms with van der Waals surface area (Å²) in [4.78, 5) is 7.38. The summed E-state index contributed by atoms with van der Waals surface area (Å²) in [5.41, 5.74) is 1.47. The molecule has 0 spiro atoms. The molecule has 1 aromatic carbocycles. The first-order valence-electron chi connectivity index (χ1n) is 14.5. The van der Waals surface area contributed by atoms with Crippen LogP contribution in [0.4, 0.5) is 0 Å². The van der Waals surface area contributed by atoms with E-state index in [0.717, 1.165) is 18.7 Å². The zero-order valence-corrected chi connectivity index (χ0v) is 29.0. The van der Waals surface area contributed by atoms with Crippen molar-refractivity contribution in [3.8, 4) is 0 Å². The number of rotatable bonds is 21. The van der Waals surface area contributed by atoms with Gasteiger partial charge >= 0.3 is 51.4 Å². The summed E-state index contributed by atoms with van der Waals surface area (Å²) in [7, 11) is -8.88. The predicted molar refractivity (Wildman–Crippen MR) is 152 cm³/mol. The third kappa shape index (κ3) is 14.7. The van der Waals surface area contributed by atoms with Crippen LogP contribution in [0, 0.1) is 0 Å². The van der Waals surface area contributed by atoms with Gasteiger partial charge in [0.1, 0.15) is 15.9 Å². The molecule has 2 rings (SSSR count). The van der Waals surface area contributed by atoms with Gasteiger partial charge < -0.3 is 9.54 Å². The molecular formula is C28H47KN2O6S2. The molecule has 0 aliphatic heterocycles. The van der Waals surface area contributed by atoms with Crippen LogP contribution in [0.25, 0.3) is 11.0 Å². The van der Waals surface area contributed by atoms with Gasteiger partial charge in [-0.2, -0.15) is 8.42 Å². The average Bonchev–Trinajstić information content (AvgIpc) is 3.26. The summed E-state index contributed by atoms with van der Waals surface area (Å²) in [5.74, 6) is 0.721. The van der Waals surface area contributed by atoms with Crippen molar-refractivity contribution >= 4 is 31.3 Å². The van der Waals surface area contributed by atoms with Crippen molar-refractivity contribution in [3.05, 3.63) is 23.5 Å². The van der Waals surface area contributed by atoms with E-state index in [2.05, 4.69) is 16.9 Å². The number of imidazole rings is 1. The van der Waals surface area contributed by atoms with Gasteiger partial charge in [-0.1, -0.05) is 96.8 Å². The molecule has 0 saturated heterocycles. The summed E-state index contributed by atoms with van der Waals surface area (Å²) >= 11 is 0. The number of benzene rings is 1. The molecule has 1 aromatic heterocycles. The van der Waals surface area contributed by atoms with Crippen LogP contribution in [0.3, 0.4) is 0 Å². The molecule has 1 heterocycles. The zero-order valence-electron chi connectivity index (χ0n) is 24.2. The van der Waals surface area contributed by atoms with Crippen LogP contribution in [-0.2, 0) is 33.1 Å². The third-order valence-corrected chi connectivity index (χ3v) is 9.39. The molecule has 1 atom stereocenters. The Labute approximate surface area is 278 Å². The van der Waals surface area contributed by atoms with Crippen molar-refractivity contribution in [1.82, 2.24) is 9.97 Å². The quantitative estimate of drug-likeness (QED) is 0.123. The van der Waals surface area contributed by atoms with E-state index in [9.17, 15) is 25.9 Å². The van der Waals surface area contributed by atoms with Gasteiger partial charge in [-0.25, -0.2) is 13.4 Å². The molecule has 0 aliphatic rings. The molecule has 39 heavy (non-hydrogen) atoms. The monoisotopic (exact) mass is 610 g/mol. The first-order chi connectivity index (χ1) is 18.0. The Morgan fingerprint density at radius 1 is 0.821 bits per heavy atom. The van der Waals surface area contributed by atoms with Crippen LogP contribution in [0.5, 0.6) is 0 Å². The van der Waals surface area contributed by atoms with Crippen LogP contribution in [0.2, 0.25) is 0 Å². The second-order valence-electron chi connectivity index (χ2n) is 10.7. The molecule has 1 unspecified atom stereocenters. The number of fused-ring (bicyclic) bond motifs is 1. The number of aromatic amines is 1. The summed E-state index contributed by atoms with van der Waals surface area (Å²) in [5, 5.41) is -1.01. The van der Waals surface area contributed by atoms with Gasteiger partial charge in [0, 0.05) is 6.42 Å². The van der Waals surface area contributed by atoms with E-state index < -0.39 is 25.5 Å². The number of aromatic nitrogens is 2. The molecule has 0 amide bonds. The molecule has 0 fully saturated rings. The third-order valence-electron chi connectivity index (χ3n) is 7.32. The van der Waals surface area contributed by atoms with Crippen molar-refractivity contribution in [2.45, 2.75) is 140 Å². The van der Waals surface area contributed by atoms with Crippen molar-refractivity contribution in [2.24, 2.45) is 0 Å². The second kappa shape index (κ2) is 19.4. The number of hydrogen-bond acceptors (Lipinski definition) is 6. The topological polar surface area (TPSA) is 140 Å². The van der Waals surface area contributed by atoms with Gasteiger partial charge in [0.05, 0.1) is 21.2 Å². The number of unbranched alkanes of at least 4 members (excludes halogenated alkanes) is 14. The van der Waals surface area contributed by atoms with Crippen molar-refractivity contribution in [1.29, 1.82) is 0 Å². The fraction of sp³-hybridized carbons (Fsp3) is 0.750. The van der Waals surface area contributed by atoms with E-state index >= 15 is 0 Å². The Balaban J connectivity index is 0.00000760. The SMILES string of the molecule is CCCCCCCCCCCCCCCCCc1nc2c(CCC(C)S(=O)(=O)O)cc(S(=O)(=O)[O-])cc2[nH]1.[K+]. The van der Waals surface area contributed by atoms with Crippen LogP contribution in [-0.4, -0.2) is 41.2 Å². The minimum atomic E-state index is -4.68. The van der Waals surface area contributed by atoms with Gasteiger partial charge in [0.15, 0.2) is 0 Å². The molecule has 0 saturated carbocycles. The second-order valence-corrected chi connectivity index (χ2v) is 13.9. The molecule has 2 aromatic rings. The summed E-state index contributed by atoms with van der Waals surface area (Å²) < 4.78 is 66.8. The van der Waals surface area contributed by atoms with Crippen LogP contribution >= 0.6 is 0 Å². The molecule has 0 radical (unpaired) electrons.